The quantitative estimate of drug-likeness (QED) is 0.432. The van der Waals surface area contributed by atoms with Crippen LogP contribution in [-0.2, 0) is 12.7 Å². The smallest absolute Gasteiger partial charge is 0.339 e. The predicted molar refractivity (Wildman–Crippen MR) is 116 cm³/mol. The van der Waals surface area contributed by atoms with E-state index < -0.39 is 11.7 Å². The number of halogens is 3. The number of thiazole rings is 1. The minimum atomic E-state index is -4.42. The van der Waals surface area contributed by atoms with Gasteiger partial charge < -0.3 is 4.57 Å². The average molecular weight is 455 g/mol. The standard InChI is InChI=1S/C22H16F3N5OS/c23-22(24,25)16-3-4-17(27-12-16)5-6-18-14-32-21(28-18)29-20(31)19-2-1-11-30(19)13-15-7-9-26-10-8-15/h1-12,14H,13H2,(H,28,29,31)/b6-5+. The molecule has 0 saturated heterocycles. The van der Waals surface area contributed by atoms with Crippen LogP contribution in [0.25, 0.3) is 12.2 Å². The van der Waals surface area contributed by atoms with E-state index in [1.165, 1.54) is 17.4 Å². The Morgan fingerprint density at radius 3 is 2.59 bits per heavy atom. The molecule has 0 aromatic carbocycles. The summed E-state index contributed by atoms with van der Waals surface area (Å²) in [6, 6.07) is 9.54. The number of hydrogen-bond acceptors (Lipinski definition) is 5. The number of nitrogens with zero attached hydrogens (tertiary/aromatic N) is 4. The van der Waals surface area contributed by atoms with Gasteiger partial charge in [-0.05, 0) is 54.1 Å². The number of pyridine rings is 2. The van der Waals surface area contributed by atoms with Crippen LogP contribution < -0.4 is 5.32 Å². The van der Waals surface area contributed by atoms with E-state index in [2.05, 4.69) is 20.3 Å². The molecule has 0 aliphatic rings. The Hall–Kier alpha value is -3.79. The number of rotatable bonds is 6. The number of nitrogens with one attached hydrogen (secondary N) is 1. The highest BCUT2D eigenvalue weighted by atomic mass is 32.1. The van der Waals surface area contributed by atoms with Crippen molar-refractivity contribution in [3.8, 4) is 0 Å². The molecule has 1 amide bonds. The van der Waals surface area contributed by atoms with Crippen LogP contribution in [0.4, 0.5) is 18.3 Å². The molecule has 4 aromatic heterocycles. The van der Waals surface area contributed by atoms with E-state index in [1.54, 1.807) is 42.1 Å². The van der Waals surface area contributed by atoms with Crippen LogP contribution in [0.15, 0.2) is 66.6 Å². The van der Waals surface area contributed by atoms with E-state index in [9.17, 15) is 18.0 Å². The van der Waals surface area contributed by atoms with Gasteiger partial charge in [0.1, 0.15) is 5.69 Å². The van der Waals surface area contributed by atoms with E-state index >= 15 is 0 Å². The lowest BCUT2D eigenvalue weighted by atomic mass is 10.2. The van der Waals surface area contributed by atoms with Crippen molar-refractivity contribution < 1.29 is 18.0 Å². The highest BCUT2D eigenvalue weighted by Crippen LogP contribution is 2.28. The van der Waals surface area contributed by atoms with Gasteiger partial charge in [0, 0.05) is 36.7 Å². The van der Waals surface area contributed by atoms with Gasteiger partial charge in [-0.2, -0.15) is 13.2 Å². The molecule has 0 spiro atoms. The van der Waals surface area contributed by atoms with Crippen molar-refractivity contribution in [3.05, 3.63) is 94.8 Å². The molecule has 0 saturated carbocycles. The first-order valence-corrected chi connectivity index (χ1v) is 10.3. The van der Waals surface area contributed by atoms with Gasteiger partial charge in [0.15, 0.2) is 5.13 Å². The van der Waals surface area contributed by atoms with Crippen molar-refractivity contribution in [2.24, 2.45) is 0 Å². The summed E-state index contributed by atoms with van der Waals surface area (Å²) in [5.74, 6) is -0.293. The fourth-order valence-electron chi connectivity index (χ4n) is 2.87. The summed E-state index contributed by atoms with van der Waals surface area (Å²) in [5.41, 5.74) is 1.62. The third kappa shape index (κ3) is 5.27. The first-order valence-electron chi connectivity index (χ1n) is 9.41. The molecule has 4 heterocycles. The van der Waals surface area contributed by atoms with Crippen LogP contribution in [0.5, 0.6) is 0 Å². The lowest BCUT2D eigenvalue weighted by Gasteiger charge is -2.08. The van der Waals surface area contributed by atoms with Gasteiger partial charge in [-0.3, -0.25) is 20.1 Å². The van der Waals surface area contributed by atoms with Gasteiger partial charge in [-0.15, -0.1) is 11.3 Å². The van der Waals surface area contributed by atoms with Crippen LogP contribution in [0, 0.1) is 0 Å². The zero-order chi connectivity index (χ0) is 22.6. The molecule has 0 bridgehead atoms. The Labute approximate surface area is 185 Å². The monoisotopic (exact) mass is 455 g/mol. The van der Waals surface area contributed by atoms with Crippen molar-refractivity contribution in [1.82, 2.24) is 19.5 Å². The molecule has 0 radical (unpaired) electrons. The minimum absolute atomic E-state index is 0.293. The number of alkyl halides is 3. The molecule has 0 aliphatic carbocycles. The van der Waals surface area contributed by atoms with Gasteiger partial charge in [-0.25, -0.2) is 4.98 Å². The first kappa shape index (κ1) is 21.4. The van der Waals surface area contributed by atoms with Crippen molar-refractivity contribution >= 4 is 34.5 Å². The maximum absolute atomic E-state index is 12.7. The molecular formula is C22H16F3N5OS. The van der Waals surface area contributed by atoms with Gasteiger partial charge in [0.25, 0.3) is 5.91 Å². The fraction of sp³-hybridized carbons (Fsp3) is 0.0909. The van der Waals surface area contributed by atoms with Crippen molar-refractivity contribution in [2.75, 3.05) is 5.32 Å². The molecule has 0 unspecified atom stereocenters. The summed E-state index contributed by atoms with van der Waals surface area (Å²) >= 11 is 1.24. The molecule has 4 rings (SSSR count). The summed E-state index contributed by atoms with van der Waals surface area (Å²) in [6.07, 6.45) is 4.76. The number of hydrogen-bond donors (Lipinski definition) is 1. The normalized spacial score (nSPS) is 11.7. The lowest BCUT2D eigenvalue weighted by molar-refractivity contribution is -0.137. The van der Waals surface area contributed by atoms with E-state index in [-0.39, 0.29) is 5.91 Å². The molecule has 0 atom stereocenters. The molecule has 4 aromatic rings. The summed E-state index contributed by atoms with van der Waals surface area (Å²) in [7, 11) is 0. The second-order valence-electron chi connectivity index (χ2n) is 6.71. The summed E-state index contributed by atoms with van der Waals surface area (Å²) < 4.78 is 39.7. The van der Waals surface area contributed by atoms with E-state index in [0.717, 1.165) is 17.8 Å². The fourth-order valence-corrected chi connectivity index (χ4v) is 3.54. The van der Waals surface area contributed by atoms with Gasteiger partial charge >= 0.3 is 6.18 Å². The Kier molecular flexibility index (Phi) is 6.13. The van der Waals surface area contributed by atoms with E-state index in [0.29, 0.717) is 28.8 Å². The Morgan fingerprint density at radius 1 is 1.09 bits per heavy atom. The molecule has 10 heteroatoms. The highest BCUT2D eigenvalue weighted by molar-refractivity contribution is 7.14. The number of anilines is 1. The summed E-state index contributed by atoms with van der Waals surface area (Å²) in [4.78, 5) is 24.8. The second-order valence-corrected chi connectivity index (χ2v) is 7.57. The molecule has 162 valence electrons. The Bertz CT molecular complexity index is 1230. The van der Waals surface area contributed by atoms with Crippen LogP contribution in [0.3, 0.4) is 0 Å². The maximum atomic E-state index is 12.7. The molecule has 32 heavy (non-hydrogen) atoms. The highest BCUT2D eigenvalue weighted by Gasteiger charge is 2.30. The second kappa shape index (κ2) is 9.15. The SMILES string of the molecule is O=C(Nc1nc(/C=C/c2ccc(C(F)(F)F)cn2)cs1)c1cccn1Cc1ccncc1. The van der Waals surface area contributed by atoms with E-state index in [4.69, 9.17) is 0 Å². The van der Waals surface area contributed by atoms with E-state index in [1.807, 2.05) is 22.9 Å². The van der Waals surface area contributed by atoms with Crippen molar-refractivity contribution in [2.45, 2.75) is 12.7 Å². The zero-order valence-electron chi connectivity index (χ0n) is 16.5. The molecule has 6 nitrogen and oxygen atoms in total. The Balaban J connectivity index is 1.40. The van der Waals surface area contributed by atoms with Gasteiger partial charge in [0.2, 0.25) is 0 Å². The number of carbonyl (C=O) groups is 1. The minimum Gasteiger partial charge on any atom is -0.339 e. The summed E-state index contributed by atoms with van der Waals surface area (Å²) in [6.45, 7) is 0.532. The number of carbonyl (C=O) groups excluding carboxylic acids is 1. The van der Waals surface area contributed by atoms with Crippen LogP contribution in [0.1, 0.15) is 33.0 Å². The molecular weight excluding hydrogens is 439 g/mol. The van der Waals surface area contributed by atoms with Crippen molar-refractivity contribution in [3.63, 3.8) is 0 Å². The van der Waals surface area contributed by atoms with Crippen LogP contribution >= 0.6 is 11.3 Å². The third-order valence-electron chi connectivity index (χ3n) is 4.45. The largest absolute Gasteiger partial charge is 0.417 e. The average Bonchev–Trinajstić information content (AvgIpc) is 3.42. The molecule has 0 fully saturated rings. The predicted octanol–water partition coefficient (Wildman–Crippen LogP) is 5.22. The topological polar surface area (TPSA) is 72.7 Å². The van der Waals surface area contributed by atoms with Crippen LogP contribution in [0.2, 0.25) is 0 Å². The van der Waals surface area contributed by atoms with Crippen molar-refractivity contribution in [1.29, 1.82) is 0 Å². The van der Waals surface area contributed by atoms with Gasteiger partial charge in [-0.1, -0.05) is 0 Å². The zero-order valence-corrected chi connectivity index (χ0v) is 17.3. The molecule has 1 N–H and O–H groups in total. The number of amides is 1. The molecule has 0 aliphatic heterocycles. The number of aromatic nitrogens is 4. The summed E-state index contributed by atoms with van der Waals surface area (Å²) in [5, 5.41) is 4.91. The Morgan fingerprint density at radius 2 is 1.88 bits per heavy atom. The first-order chi connectivity index (χ1) is 15.4. The lowest BCUT2D eigenvalue weighted by Crippen LogP contribution is -2.17. The van der Waals surface area contributed by atoms with Crippen LogP contribution in [-0.4, -0.2) is 25.4 Å². The maximum Gasteiger partial charge on any atom is 0.417 e. The van der Waals surface area contributed by atoms with Gasteiger partial charge in [0.05, 0.1) is 17.0 Å². The third-order valence-corrected chi connectivity index (χ3v) is 5.22.